The van der Waals surface area contributed by atoms with Gasteiger partial charge in [-0.3, -0.25) is 4.79 Å². The zero-order valence-corrected chi connectivity index (χ0v) is 14.1. The third-order valence-electron chi connectivity index (χ3n) is 3.62. The van der Waals surface area contributed by atoms with Crippen LogP contribution in [0.3, 0.4) is 0 Å². The van der Waals surface area contributed by atoms with Gasteiger partial charge in [0.15, 0.2) is 0 Å². The molecule has 0 saturated heterocycles. The summed E-state index contributed by atoms with van der Waals surface area (Å²) in [6, 6.07) is 9.74. The molecule has 0 spiro atoms. The molecule has 0 aliphatic rings. The number of nitrogens with zero attached hydrogens (tertiary/aromatic N) is 3. The number of amides is 1. The maximum atomic E-state index is 12.3. The first kappa shape index (κ1) is 16.3. The molecular weight excluding hydrogens is 324 g/mol. The molecule has 24 heavy (non-hydrogen) atoms. The van der Waals surface area contributed by atoms with Gasteiger partial charge in [0, 0.05) is 31.7 Å². The lowest BCUT2D eigenvalue weighted by atomic mass is 9.95. The number of thiazole rings is 1. The van der Waals surface area contributed by atoms with E-state index in [0.29, 0.717) is 18.3 Å². The molecule has 3 aromatic rings. The van der Waals surface area contributed by atoms with Crippen LogP contribution in [-0.2, 0) is 11.2 Å². The quantitative estimate of drug-likeness (QED) is 0.714. The second-order valence-corrected chi connectivity index (χ2v) is 6.13. The van der Waals surface area contributed by atoms with E-state index >= 15 is 0 Å². The Kier molecular flexibility index (Phi) is 5.32. The second kappa shape index (κ2) is 7.83. The molecular formula is C17H18N4O2S. The molecule has 0 aliphatic carbocycles. The number of hydrogen-bond acceptors (Lipinski definition) is 6. The first-order valence-electron chi connectivity index (χ1n) is 7.71. The highest BCUT2D eigenvalue weighted by atomic mass is 32.1. The molecule has 0 aliphatic heterocycles. The van der Waals surface area contributed by atoms with Crippen molar-refractivity contribution < 1.29 is 9.21 Å². The van der Waals surface area contributed by atoms with Gasteiger partial charge in [0.05, 0.1) is 17.1 Å². The molecule has 2 heterocycles. The van der Waals surface area contributed by atoms with E-state index in [2.05, 4.69) is 20.5 Å². The van der Waals surface area contributed by atoms with Gasteiger partial charge < -0.3 is 9.73 Å². The molecule has 0 bridgehead atoms. The topological polar surface area (TPSA) is 80.9 Å². The molecule has 124 valence electrons. The SMILES string of the molecule is Cc1nnc(C(CC(=O)NCCc2cscn2)c2ccccc2)o1. The fourth-order valence-corrected chi connectivity index (χ4v) is 3.03. The maximum Gasteiger partial charge on any atom is 0.224 e. The molecule has 3 rings (SSSR count). The van der Waals surface area contributed by atoms with Crippen LogP contribution in [0.4, 0.5) is 0 Å². The van der Waals surface area contributed by atoms with Crippen LogP contribution in [0.25, 0.3) is 0 Å². The van der Waals surface area contributed by atoms with E-state index < -0.39 is 0 Å². The van der Waals surface area contributed by atoms with Crippen LogP contribution >= 0.6 is 11.3 Å². The number of benzene rings is 1. The second-order valence-electron chi connectivity index (χ2n) is 5.41. The summed E-state index contributed by atoms with van der Waals surface area (Å²) < 4.78 is 5.55. The Morgan fingerprint density at radius 3 is 2.79 bits per heavy atom. The molecule has 1 atom stereocenters. The van der Waals surface area contributed by atoms with Crippen molar-refractivity contribution in [3.63, 3.8) is 0 Å². The van der Waals surface area contributed by atoms with E-state index in [-0.39, 0.29) is 18.2 Å². The van der Waals surface area contributed by atoms with Gasteiger partial charge in [-0.05, 0) is 5.56 Å². The van der Waals surface area contributed by atoms with Crippen molar-refractivity contribution in [3.05, 3.63) is 64.3 Å². The van der Waals surface area contributed by atoms with E-state index in [9.17, 15) is 4.79 Å². The average molecular weight is 342 g/mol. The first-order chi connectivity index (χ1) is 11.7. The van der Waals surface area contributed by atoms with Gasteiger partial charge in [-0.2, -0.15) is 0 Å². The molecule has 1 aromatic carbocycles. The highest BCUT2D eigenvalue weighted by Crippen LogP contribution is 2.26. The fourth-order valence-electron chi connectivity index (χ4n) is 2.43. The van der Waals surface area contributed by atoms with Crippen molar-refractivity contribution in [2.45, 2.75) is 25.7 Å². The summed E-state index contributed by atoms with van der Waals surface area (Å²) in [5, 5.41) is 12.9. The average Bonchev–Trinajstić information content (AvgIpc) is 3.25. The minimum absolute atomic E-state index is 0.0464. The summed E-state index contributed by atoms with van der Waals surface area (Å²) >= 11 is 1.55. The monoisotopic (exact) mass is 342 g/mol. The summed E-state index contributed by atoms with van der Waals surface area (Å²) in [5.41, 5.74) is 3.77. The van der Waals surface area contributed by atoms with Gasteiger partial charge in [-0.1, -0.05) is 30.3 Å². The third kappa shape index (κ3) is 4.26. The Morgan fingerprint density at radius 1 is 1.29 bits per heavy atom. The Labute approximate surface area is 144 Å². The zero-order valence-electron chi connectivity index (χ0n) is 13.3. The third-order valence-corrected chi connectivity index (χ3v) is 4.25. The van der Waals surface area contributed by atoms with Gasteiger partial charge >= 0.3 is 0 Å². The fraction of sp³-hybridized carbons (Fsp3) is 0.294. The lowest BCUT2D eigenvalue weighted by molar-refractivity contribution is -0.121. The highest BCUT2D eigenvalue weighted by molar-refractivity contribution is 7.07. The van der Waals surface area contributed by atoms with Crippen LogP contribution in [0.5, 0.6) is 0 Å². The van der Waals surface area contributed by atoms with Crippen molar-refractivity contribution in [2.24, 2.45) is 0 Å². The predicted molar refractivity (Wildman–Crippen MR) is 90.8 cm³/mol. The van der Waals surface area contributed by atoms with Gasteiger partial charge in [-0.25, -0.2) is 4.98 Å². The van der Waals surface area contributed by atoms with E-state index in [1.807, 2.05) is 35.7 Å². The predicted octanol–water partition coefficient (Wildman–Crippen LogP) is 2.72. The summed E-state index contributed by atoms with van der Waals surface area (Å²) in [6.07, 6.45) is 0.994. The largest absolute Gasteiger partial charge is 0.425 e. The van der Waals surface area contributed by atoms with Crippen LogP contribution in [0, 0.1) is 6.92 Å². The number of aryl methyl sites for hydroxylation is 1. The van der Waals surface area contributed by atoms with Crippen LogP contribution in [0.15, 0.2) is 45.6 Å². The van der Waals surface area contributed by atoms with Crippen LogP contribution in [0.2, 0.25) is 0 Å². The summed E-state index contributed by atoms with van der Waals surface area (Å²) in [4.78, 5) is 16.5. The van der Waals surface area contributed by atoms with Crippen molar-refractivity contribution in [1.29, 1.82) is 0 Å². The Morgan fingerprint density at radius 2 is 2.12 bits per heavy atom. The molecule has 7 heteroatoms. The van der Waals surface area contributed by atoms with E-state index in [4.69, 9.17) is 4.42 Å². The smallest absolute Gasteiger partial charge is 0.224 e. The first-order valence-corrected chi connectivity index (χ1v) is 8.65. The summed E-state index contributed by atoms with van der Waals surface area (Å²) in [7, 11) is 0. The normalized spacial score (nSPS) is 12.0. The standard InChI is InChI=1S/C17H18N4O2S/c1-12-20-21-17(23-12)15(13-5-3-2-4-6-13)9-16(22)18-8-7-14-10-24-11-19-14/h2-6,10-11,15H,7-9H2,1H3,(H,18,22). The lowest BCUT2D eigenvalue weighted by Crippen LogP contribution is -2.27. The molecule has 0 saturated carbocycles. The van der Waals surface area contributed by atoms with Gasteiger partial charge in [-0.15, -0.1) is 21.5 Å². The Hall–Kier alpha value is -2.54. The Balaban J connectivity index is 1.64. The van der Waals surface area contributed by atoms with E-state index in [1.165, 1.54) is 0 Å². The summed E-state index contributed by atoms with van der Waals surface area (Å²) in [5.74, 6) is 0.671. The van der Waals surface area contributed by atoms with Crippen molar-refractivity contribution >= 4 is 17.2 Å². The highest BCUT2D eigenvalue weighted by Gasteiger charge is 2.23. The van der Waals surface area contributed by atoms with Gasteiger partial charge in [0.1, 0.15) is 0 Å². The maximum absolute atomic E-state index is 12.3. The van der Waals surface area contributed by atoms with Crippen LogP contribution in [0.1, 0.15) is 35.4 Å². The van der Waals surface area contributed by atoms with Crippen molar-refractivity contribution in [3.8, 4) is 0 Å². The molecule has 1 unspecified atom stereocenters. The van der Waals surface area contributed by atoms with E-state index in [0.717, 1.165) is 17.7 Å². The number of aromatic nitrogens is 3. The minimum Gasteiger partial charge on any atom is -0.425 e. The lowest BCUT2D eigenvalue weighted by Gasteiger charge is -2.13. The molecule has 0 fully saturated rings. The number of hydrogen-bond donors (Lipinski definition) is 1. The van der Waals surface area contributed by atoms with Crippen LogP contribution in [-0.4, -0.2) is 27.6 Å². The molecule has 2 aromatic heterocycles. The zero-order chi connectivity index (χ0) is 16.8. The molecule has 1 amide bonds. The summed E-state index contributed by atoms with van der Waals surface area (Å²) in [6.45, 7) is 2.30. The molecule has 6 nitrogen and oxygen atoms in total. The van der Waals surface area contributed by atoms with Crippen LogP contribution < -0.4 is 5.32 Å². The van der Waals surface area contributed by atoms with Crippen molar-refractivity contribution in [2.75, 3.05) is 6.54 Å². The molecule has 1 N–H and O–H groups in total. The van der Waals surface area contributed by atoms with Gasteiger partial charge in [0.2, 0.25) is 17.7 Å². The number of carbonyl (C=O) groups is 1. The number of rotatable bonds is 7. The van der Waals surface area contributed by atoms with Crippen molar-refractivity contribution in [1.82, 2.24) is 20.5 Å². The van der Waals surface area contributed by atoms with Gasteiger partial charge in [0.25, 0.3) is 0 Å². The Bertz CT molecular complexity index is 771. The molecule has 0 radical (unpaired) electrons. The number of nitrogens with one attached hydrogen (secondary N) is 1. The van der Waals surface area contributed by atoms with E-state index in [1.54, 1.807) is 23.8 Å². The minimum atomic E-state index is -0.244. The number of carbonyl (C=O) groups excluding carboxylic acids is 1.